The van der Waals surface area contributed by atoms with E-state index in [1.54, 1.807) is 18.2 Å². The summed E-state index contributed by atoms with van der Waals surface area (Å²) in [7, 11) is -1.50. The summed E-state index contributed by atoms with van der Waals surface area (Å²) < 4.78 is 0. The van der Waals surface area contributed by atoms with Crippen molar-refractivity contribution < 1.29 is 14.8 Å². The number of carbonyl (C=O) groups excluding carboxylic acids is 1. The summed E-state index contributed by atoms with van der Waals surface area (Å²) in [5, 5.41) is 18.6. The second kappa shape index (κ2) is 5.84. The van der Waals surface area contributed by atoms with Gasteiger partial charge in [0.1, 0.15) is 5.78 Å². The molecule has 0 bridgehead atoms. The Bertz CT molecular complexity index is 443. The molecule has 0 radical (unpaired) electrons. The first-order valence-corrected chi connectivity index (χ1v) is 6.32. The van der Waals surface area contributed by atoms with E-state index >= 15 is 0 Å². The number of nitrogens with zero attached hydrogens (tertiary/aromatic N) is 1. The number of likely N-dealkylation sites (tertiary alicyclic amines) is 1. The second-order valence-electron chi connectivity index (χ2n) is 4.54. The van der Waals surface area contributed by atoms with Gasteiger partial charge in [0.05, 0.1) is 0 Å². The Balaban J connectivity index is 2.03. The van der Waals surface area contributed by atoms with Crippen LogP contribution in [0.4, 0.5) is 0 Å². The summed E-state index contributed by atoms with van der Waals surface area (Å²) in [5.74, 6) is 0.316. The minimum absolute atomic E-state index is 0.316. The van der Waals surface area contributed by atoms with Gasteiger partial charge < -0.3 is 10.0 Å². The van der Waals surface area contributed by atoms with E-state index in [-0.39, 0.29) is 0 Å². The van der Waals surface area contributed by atoms with Crippen molar-refractivity contribution >= 4 is 30.0 Å². The van der Waals surface area contributed by atoms with Crippen molar-refractivity contribution in [1.82, 2.24) is 4.90 Å². The lowest BCUT2D eigenvalue weighted by Gasteiger charge is -2.26. The number of hydrogen-bond acceptors (Lipinski definition) is 4. The number of Topliss-reactive ketones (excluding diaryl/α,β-unsaturated/α-hetero) is 1. The SMILES string of the molecule is O=C1CCN(Cc2ccc(B(O)O)cc2Cl)CC1. The highest BCUT2D eigenvalue weighted by molar-refractivity contribution is 6.59. The number of carbonyl (C=O) groups is 1. The highest BCUT2D eigenvalue weighted by atomic mass is 35.5. The molecule has 1 aromatic carbocycles. The summed E-state index contributed by atoms with van der Waals surface area (Å²) in [6.07, 6.45) is 1.20. The minimum atomic E-state index is -1.50. The van der Waals surface area contributed by atoms with E-state index in [2.05, 4.69) is 4.90 Å². The van der Waals surface area contributed by atoms with Crippen molar-refractivity contribution in [2.45, 2.75) is 19.4 Å². The molecule has 1 saturated heterocycles. The molecule has 1 aromatic rings. The summed E-state index contributed by atoms with van der Waals surface area (Å²) in [4.78, 5) is 13.3. The molecule has 18 heavy (non-hydrogen) atoms. The Hall–Kier alpha value is -0.875. The van der Waals surface area contributed by atoms with Crippen molar-refractivity contribution in [2.75, 3.05) is 13.1 Å². The summed E-state index contributed by atoms with van der Waals surface area (Å²) in [6.45, 7) is 2.22. The molecular formula is C12H15BClNO3. The molecule has 0 atom stereocenters. The lowest BCUT2D eigenvalue weighted by molar-refractivity contribution is -0.121. The topological polar surface area (TPSA) is 60.8 Å². The van der Waals surface area contributed by atoms with Gasteiger partial charge in [-0.1, -0.05) is 23.7 Å². The Morgan fingerprint density at radius 2 is 1.94 bits per heavy atom. The van der Waals surface area contributed by atoms with E-state index in [0.717, 1.165) is 18.7 Å². The van der Waals surface area contributed by atoms with Gasteiger partial charge in [-0.2, -0.15) is 0 Å². The standard InChI is InChI=1S/C12H15BClNO3/c14-12-7-10(13(17)18)2-1-9(12)8-15-5-3-11(16)4-6-15/h1-2,7,17-18H,3-6,8H2. The summed E-state index contributed by atoms with van der Waals surface area (Å²) >= 11 is 6.11. The molecule has 0 amide bonds. The Morgan fingerprint density at radius 1 is 1.28 bits per heavy atom. The van der Waals surface area contributed by atoms with Crippen molar-refractivity contribution in [3.05, 3.63) is 28.8 Å². The lowest BCUT2D eigenvalue weighted by atomic mass is 9.80. The molecule has 1 heterocycles. The molecule has 0 saturated carbocycles. The van der Waals surface area contributed by atoms with Crippen molar-refractivity contribution in [2.24, 2.45) is 0 Å². The molecule has 1 aliphatic heterocycles. The maximum atomic E-state index is 11.1. The molecule has 0 unspecified atom stereocenters. The van der Waals surface area contributed by atoms with E-state index in [0.29, 0.717) is 35.7 Å². The molecular weight excluding hydrogens is 252 g/mol. The fourth-order valence-corrected chi connectivity index (χ4v) is 2.30. The van der Waals surface area contributed by atoms with Crippen LogP contribution in [0, 0.1) is 0 Å². The van der Waals surface area contributed by atoms with Gasteiger partial charge in [-0.3, -0.25) is 9.69 Å². The van der Waals surface area contributed by atoms with E-state index in [4.69, 9.17) is 21.6 Å². The number of benzene rings is 1. The molecule has 0 aromatic heterocycles. The first-order valence-electron chi connectivity index (χ1n) is 5.95. The van der Waals surface area contributed by atoms with E-state index in [1.807, 2.05) is 0 Å². The van der Waals surface area contributed by atoms with Gasteiger partial charge in [-0.05, 0) is 17.1 Å². The van der Waals surface area contributed by atoms with Crippen LogP contribution in [0.3, 0.4) is 0 Å². The molecule has 1 fully saturated rings. The van der Waals surface area contributed by atoms with Gasteiger partial charge in [0, 0.05) is 37.5 Å². The largest absolute Gasteiger partial charge is 0.488 e. The highest BCUT2D eigenvalue weighted by Gasteiger charge is 2.18. The van der Waals surface area contributed by atoms with Crippen LogP contribution < -0.4 is 5.46 Å². The fourth-order valence-electron chi connectivity index (χ4n) is 2.05. The predicted octanol–water partition coefficient (Wildman–Crippen LogP) is 0.185. The molecule has 0 spiro atoms. The third-order valence-corrected chi connectivity index (χ3v) is 3.53. The molecule has 4 nitrogen and oxygen atoms in total. The zero-order valence-electron chi connectivity index (χ0n) is 9.97. The molecule has 2 rings (SSSR count). The summed E-state index contributed by atoms with van der Waals surface area (Å²) in [6, 6.07) is 5.02. The average Bonchev–Trinajstić information content (AvgIpc) is 2.34. The average molecular weight is 268 g/mol. The van der Waals surface area contributed by atoms with Crippen LogP contribution in [0.15, 0.2) is 18.2 Å². The van der Waals surface area contributed by atoms with Crippen molar-refractivity contribution in [3.8, 4) is 0 Å². The second-order valence-corrected chi connectivity index (χ2v) is 4.95. The minimum Gasteiger partial charge on any atom is -0.423 e. The third kappa shape index (κ3) is 3.33. The van der Waals surface area contributed by atoms with Gasteiger partial charge in [0.2, 0.25) is 0 Å². The van der Waals surface area contributed by atoms with Gasteiger partial charge in [-0.15, -0.1) is 0 Å². The Kier molecular flexibility index (Phi) is 4.40. The molecule has 6 heteroatoms. The zero-order chi connectivity index (χ0) is 13.1. The van der Waals surface area contributed by atoms with Crippen LogP contribution in [0.25, 0.3) is 0 Å². The van der Waals surface area contributed by atoms with Gasteiger partial charge >= 0.3 is 7.12 Å². The Labute approximate surface area is 111 Å². The number of ketones is 1. The molecule has 2 N–H and O–H groups in total. The Morgan fingerprint density at radius 3 is 2.50 bits per heavy atom. The number of rotatable bonds is 3. The van der Waals surface area contributed by atoms with Gasteiger partial charge in [0.25, 0.3) is 0 Å². The van der Waals surface area contributed by atoms with Crippen LogP contribution in [-0.2, 0) is 11.3 Å². The molecule has 0 aliphatic carbocycles. The van der Waals surface area contributed by atoms with Crippen LogP contribution in [-0.4, -0.2) is 40.9 Å². The smallest absolute Gasteiger partial charge is 0.423 e. The quantitative estimate of drug-likeness (QED) is 0.767. The van der Waals surface area contributed by atoms with E-state index in [9.17, 15) is 4.79 Å². The molecule has 96 valence electrons. The number of halogens is 1. The molecule has 1 aliphatic rings. The zero-order valence-corrected chi connectivity index (χ0v) is 10.7. The normalized spacial score (nSPS) is 16.9. The van der Waals surface area contributed by atoms with Crippen molar-refractivity contribution in [3.63, 3.8) is 0 Å². The van der Waals surface area contributed by atoms with Crippen LogP contribution in [0.1, 0.15) is 18.4 Å². The van der Waals surface area contributed by atoms with Crippen LogP contribution in [0.5, 0.6) is 0 Å². The monoisotopic (exact) mass is 267 g/mol. The lowest BCUT2D eigenvalue weighted by Crippen LogP contribution is -2.34. The number of piperidine rings is 1. The van der Waals surface area contributed by atoms with E-state index in [1.165, 1.54) is 0 Å². The van der Waals surface area contributed by atoms with Gasteiger partial charge in [-0.25, -0.2) is 0 Å². The maximum absolute atomic E-state index is 11.1. The van der Waals surface area contributed by atoms with Crippen molar-refractivity contribution in [1.29, 1.82) is 0 Å². The van der Waals surface area contributed by atoms with Crippen LogP contribution >= 0.6 is 11.6 Å². The first-order chi connectivity index (χ1) is 8.56. The van der Waals surface area contributed by atoms with E-state index < -0.39 is 7.12 Å². The van der Waals surface area contributed by atoms with Crippen LogP contribution in [0.2, 0.25) is 5.02 Å². The highest BCUT2D eigenvalue weighted by Crippen LogP contribution is 2.18. The number of hydrogen-bond donors (Lipinski definition) is 2. The third-order valence-electron chi connectivity index (χ3n) is 3.18. The fraction of sp³-hybridized carbons (Fsp3) is 0.417. The maximum Gasteiger partial charge on any atom is 0.488 e. The van der Waals surface area contributed by atoms with Gasteiger partial charge in [0.15, 0.2) is 0 Å². The predicted molar refractivity (Wildman–Crippen MR) is 70.8 cm³/mol. The first kappa shape index (κ1) is 13.6. The summed E-state index contributed by atoms with van der Waals surface area (Å²) in [5.41, 5.74) is 1.33.